The lowest BCUT2D eigenvalue weighted by Gasteiger charge is -2.10. The molecule has 8 heteroatoms. The van der Waals surface area contributed by atoms with Gasteiger partial charge in [-0.2, -0.15) is 4.98 Å². The molecule has 2 heterocycles. The zero-order valence-electron chi connectivity index (χ0n) is 12.6. The van der Waals surface area contributed by atoms with Crippen molar-refractivity contribution in [1.82, 2.24) is 9.97 Å². The number of aryl methyl sites for hydroxylation is 1. The first kappa shape index (κ1) is 15.9. The molecule has 0 fully saturated rings. The van der Waals surface area contributed by atoms with Crippen molar-refractivity contribution in [3.05, 3.63) is 65.5 Å². The van der Waals surface area contributed by atoms with Crippen molar-refractivity contribution in [3.8, 4) is 0 Å². The zero-order chi connectivity index (χ0) is 17.1. The summed E-state index contributed by atoms with van der Waals surface area (Å²) in [4.78, 5) is 8.36. The lowest BCUT2D eigenvalue weighted by Crippen LogP contribution is -2.07. The number of hydrogen-bond donors (Lipinski definition) is 2. The number of anilines is 3. The maximum Gasteiger partial charge on any atom is 0.225 e. The molecule has 5 nitrogen and oxygen atoms in total. The van der Waals surface area contributed by atoms with Crippen molar-refractivity contribution in [3.63, 3.8) is 0 Å². The Hall–Kier alpha value is -3.03. The standard InChI is InChI=1S/C16H13F3N4O/c1-9-7-13(22-12-5-4-11(17)14(18)15(12)19)23-16(21-9)20-8-10-3-2-6-24-10/h2-7H,8H2,1H3,(H2,20,21,22,23). The summed E-state index contributed by atoms with van der Waals surface area (Å²) in [7, 11) is 0. The van der Waals surface area contributed by atoms with Gasteiger partial charge >= 0.3 is 0 Å². The minimum Gasteiger partial charge on any atom is -0.467 e. The minimum absolute atomic E-state index is 0.219. The van der Waals surface area contributed by atoms with Gasteiger partial charge < -0.3 is 15.1 Å². The van der Waals surface area contributed by atoms with E-state index in [4.69, 9.17) is 4.42 Å². The van der Waals surface area contributed by atoms with Gasteiger partial charge in [-0.25, -0.2) is 18.2 Å². The maximum atomic E-state index is 13.7. The number of rotatable bonds is 5. The van der Waals surface area contributed by atoms with Crippen molar-refractivity contribution in [1.29, 1.82) is 0 Å². The highest BCUT2D eigenvalue weighted by Gasteiger charge is 2.14. The van der Waals surface area contributed by atoms with Crippen LogP contribution in [0.15, 0.2) is 41.0 Å². The highest BCUT2D eigenvalue weighted by atomic mass is 19.2. The Morgan fingerprint density at radius 1 is 1.08 bits per heavy atom. The fraction of sp³-hybridized carbons (Fsp3) is 0.125. The van der Waals surface area contributed by atoms with Crippen LogP contribution in [0.1, 0.15) is 11.5 Å². The van der Waals surface area contributed by atoms with Crippen LogP contribution in [-0.2, 0) is 6.54 Å². The monoisotopic (exact) mass is 334 g/mol. The van der Waals surface area contributed by atoms with E-state index in [0.717, 1.165) is 12.1 Å². The van der Waals surface area contributed by atoms with E-state index < -0.39 is 17.5 Å². The molecule has 0 saturated carbocycles. The highest BCUT2D eigenvalue weighted by Crippen LogP contribution is 2.23. The average molecular weight is 334 g/mol. The van der Waals surface area contributed by atoms with Crippen molar-refractivity contribution in [2.24, 2.45) is 0 Å². The van der Waals surface area contributed by atoms with E-state index in [0.29, 0.717) is 18.0 Å². The number of furan rings is 1. The number of hydrogen-bond acceptors (Lipinski definition) is 5. The first-order chi connectivity index (χ1) is 11.5. The third-order valence-electron chi connectivity index (χ3n) is 3.15. The molecular formula is C16H13F3N4O. The maximum absolute atomic E-state index is 13.7. The van der Waals surface area contributed by atoms with Gasteiger partial charge in [0, 0.05) is 11.8 Å². The second-order valence-corrected chi connectivity index (χ2v) is 5.00. The quantitative estimate of drug-likeness (QED) is 0.686. The second kappa shape index (κ2) is 6.61. The van der Waals surface area contributed by atoms with Gasteiger partial charge in [-0.15, -0.1) is 0 Å². The smallest absolute Gasteiger partial charge is 0.225 e. The predicted molar refractivity (Wildman–Crippen MR) is 82.4 cm³/mol. The highest BCUT2D eigenvalue weighted by molar-refractivity contribution is 5.58. The van der Waals surface area contributed by atoms with Gasteiger partial charge in [0.15, 0.2) is 17.5 Å². The molecule has 3 aromatic rings. The Bertz CT molecular complexity index is 853. The summed E-state index contributed by atoms with van der Waals surface area (Å²) < 4.78 is 45.2. The average Bonchev–Trinajstić information content (AvgIpc) is 3.07. The normalized spacial score (nSPS) is 10.7. The van der Waals surface area contributed by atoms with E-state index in [1.165, 1.54) is 0 Å². The summed E-state index contributed by atoms with van der Waals surface area (Å²) in [5, 5.41) is 5.58. The van der Waals surface area contributed by atoms with E-state index in [1.807, 2.05) is 0 Å². The summed E-state index contributed by atoms with van der Waals surface area (Å²) in [6.45, 7) is 2.10. The molecule has 0 bridgehead atoms. The van der Waals surface area contributed by atoms with Crippen molar-refractivity contribution >= 4 is 17.5 Å². The second-order valence-electron chi connectivity index (χ2n) is 5.00. The number of nitrogens with zero attached hydrogens (tertiary/aromatic N) is 2. The fourth-order valence-corrected chi connectivity index (χ4v) is 2.05. The van der Waals surface area contributed by atoms with Crippen LogP contribution in [0.5, 0.6) is 0 Å². The molecule has 0 atom stereocenters. The first-order valence-corrected chi connectivity index (χ1v) is 7.05. The Kier molecular flexibility index (Phi) is 4.37. The van der Waals surface area contributed by atoms with Gasteiger partial charge in [0.25, 0.3) is 0 Å². The molecule has 124 valence electrons. The lowest BCUT2D eigenvalue weighted by molar-refractivity contribution is 0.449. The Morgan fingerprint density at radius 3 is 2.67 bits per heavy atom. The third-order valence-corrected chi connectivity index (χ3v) is 3.15. The van der Waals surface area contributed by atoms with E-state index >= 15 is 0 Å². The van der Waals surface area contributed by atoms with Crippen molar-refractivity contribution in [2.45, 2.75) is 13.5 Å². The van der Waals surface area contributed by atoms with Crippen LogP contribution < -0.4 is 10.6 Å². The summed E-state index contributed by atoms with van der Waals surface area (Å²) >= 11 is 0. The Morgan fingerprint density at radius 2 is 1.92 bits per heavy atom. The molecule has 3 rings (SSSR count). The molecule has 0 saturated heterocycles. The van der Waals surface area contributed by atoms with Gasteiger partial charge in [0.1, 0.15) is 11.6 Å². The third kappa shape index (κ3) is 3.48. The van der Waals surface area contributed by atoms with Gasteiger partial charge in [0.05, 0.1) is 18.5 Å². The first-order valence-electron chi connectivity index (χ1n) is 7.05. The molecule has 1 aromatic carbocycles. The summed E-state index contributed by atoms with van der Waals surface area (Å²) in [5.41, 5.74) is 0.390. The predicted octanol–water partition coefficient (Wildman–Crippen LogP) is 4.15. The van der Waals surface area contributed by atoms with Crippen molar-refractivity contribution in [2.75, 3.05) is 10.6 Å². The number of aromatic nitrogens is 2. The molecule has 0 amide bonds. The van der Waals surface area contributed by atoms with Gasteiger partial charge in [0.2, 0.25) is 5.95 Å². The van der Waals surface area contributed by atoms with Gasteiger partial charge in [-0.05, 0) is 31.2 Å². The molecule has 0 unspecified atom stereocenters. The van der Waals surface area contributed by atoms with E-state index in [2.05, 4.69) is 20.6 Å². The molecule has 24 heavy (non-hydrogen) atoms. The Balaban J connectivity index is 1.80. The molecule has 0 aliphatic rings. The molecule has 0 spiro atoms. The lowest BCUT2D eigenvalue weighted by atomic mass is 10.2. The van der Waals surface area contributed by atoms with Gasteiger partial charge in [-0.3, -0.25) is 0 Å². The Labute approximate surface area is 135 Å². The van der Waals surface area contributed by atoms with E-state index in [9.17, 15) is 13.2 Å². The molecule has 2 N–H and O–H groups in total. The molecular weight excluding hydrogens is 321 g/mol. The number of halogens is 3. The van der Waals surface area contributed by atoms with Crippen LogP contribution in [0.25, 0.3) is 0 Å². The van der Waals surface area contributed by atoms with Crippen molar-refractivity contribution < 1.29 is 17.6 Å². The topological polar surface area (TPSA) is 63.0 Å². The van der Waals surface area contributed by atoms with E-state index in [-0.39, 0.29) is 17.5 Å². The minimum atomic E-state index is -1.54. The SMILES string of the molecule is Cc1cc(Nc2ccc(F)c(F)c2F)nc(NCc2ccco2)n1. The molecule has 0 aliphatic heterocycles. The van der Waals surface area contributed by atoms with Crippen LogP contribution >= 0.6 is 0 Å². The fourth-order valence-electron chi connectivity index (χ4n) is 2.05. The summed E-state index contributed by atoms with van der Waals surface area (Å²) in [5.74, 6) is -2.87. The molecule has 0 radical (unpaired) electrons. The number of nitrogens with one attached hydrogen (secondary N) is 2. The molecule has 2 aromatic heterocycles. The largest absolute Gasteiger partial charge is 0.467 e. The van der Waals surface area contributed by atoms with Crippen LogP contribution in [0, 0.1) is 24.4 Å². The zero-order valence-corrected chi connectivity index (χ0v) is 12.6. The van der Waals surface area contributed by atoms with Crippen LogP contribution in [0.2, 0.25) is 0 Å². The van der Waals surface area contributed by atoms with Crippen LogP contribution in [0.3, 0.4) is 0 Å². The summed E-state index contributed by atoms with van der Waals surface area (Å²) in [6, 6.07) is 7.04. The van der Waals surface area contributed by atoms with Crippen LogP contribution in [0.4, 0.5) is 30.6 Å². The van der Waals surface area contributed by atoms with E-state index in [1.54, 1.807) is 31.4 Å². The summed E-state index contributed by atoms with van der Waals surface area (Å²) in [6.07, 6.45) is 1.55. The number of benzene rings is 1. The molecule has 0 aliphatic carbocycles. The van der Waals surface area contributed by atoms with Gasteiger partial charge in [-0.1, -0.05) is 0 Å². The van der Waals surface area contributed by atoms with Crippen LogP contribution in [-0.4, -0.2) is 9.97 Å².